The molecule has 0 atom stereocenters. The van der Waals surface area contributed by atoms with Gasteiger partial charge in [-0.2, -0.15) is 0 Å². The third-order valence-corrected chi connectivity index (χ3v) is 5.80. The third-order valence-electron chi connectivity index (χ3n) is 5.80. The van der Waals surface area contributed by atoms with E-state index in [1.165, 1.54) is 43.2 Å². The van der Waals surface area contributed by atoms with E-state index in [0.29, 0.717) is 5.56 Å². The first-order valence-corrected chi connectivity index (χ1v) is 9.63. The molecule has 0 radical (unpaired) electrons. The molecule has 0 aliphatic heterocycles. The van der Waals surface area contributed by atoms with E-state index in [4.69, 9.17) is 9.84 Å². The van der Waals surface area contributed by atoms with E-state index in [1.54, 1.807) is 19.2 Å². The van der Waals surface area contributed by atoms with E-state index in [9.17, 15) is 4.79 Å². The fraction of sp³-hybridized carbons (Fsp3) is 0.375. The average molecular weight is 364 g/mol. The van der Waals surface area contributed by atoms with Crippen LogP contribution >= 0.6 is 0 Å². The zero-order valence-corrected chi connectivity index (χ0v) is 16.4. The van der Waals surface area contributed by atoms with Gasteiger partial charge < -0.3 is 9.84 Å². The molecule has 142 valence electrons. The fourth-order valence-corrected chi connectivity index (χ4v) is 4.08. The summed E-state index contributed by atoms with van der Waals surface area (Å²) in [5.41, 5.74) is 5.11. The highest BCUT2D eigenvalue weighted by Gasteiger charge is 2.31. The van der Waals surface area contributed by atoms with Gasteiger partial charge >= 0.3 is 5.97 Å². The topological polar surface area (TPSA) is 46.5 Å². The van der Waals surface area contributed by atoms with E-state index in [-0.39, 0.29) is 5.41 Å². The van der Waals surface area contributed by atoms with Crippen LogP contribution in [0.25, 0.3) is 11.6 Å². The summed E-state index contributed by atoms with van der Waals surface area (Å²) < 4.78 is 5.68. The Morgan fingerprint density at radius 3 is 2.26 bits per heavy atom. The molecule has 1 aliphatic carbocycles. The lowest BCUT2D eigenvalue weighted by Crippen LogP contribution is -2.25. The van der Waals surface area contributed by atoms with Crippen molar-refractivity contribution < 1.29 is 14.6 Å². The molecule has 3 nitrogen and oxygen atoms in total. The quantitative estimate of drug-likeness (QED) is 0.645. The number of aromatic carboxylic acids is 1. The Morgan fingerprint density at radius 2 is 1.67 bits per heavy atom. The SMILES string of the molecule is COc1ccc(/C(C)=C\c2ccc(C(=O)O)cc2)cc1C1(C)CCCCC1. The van der Waals surface area contributed by atoms with Crippen LogP contribution in [0.5, 0.6) is 5.75 Å². The van der Waals surface area contributed by atoms with Gasteiger partial charge in [0.25, 0.3) is 0 Å². The van der Waals surface area contributed by atoms with Gasteiger partial charge in [0.1, 0.15) is 5.75 Å². The molecule has 1 fully saturated rings. The minimum absolute atomic E-state index is 0.170. The molecule has 0 heterocycles. The average Bonchev–Trinajstić information content (AvgIpc) is 2.68. The highest BCUT2D eigenvalue weighted by atomic mass is 16.5. The molecule has 1 N–H and O–H groups in total. The Balaban J connectivity index is 1.93. The van der Waals surface area contributed by atoms with Crippen LogP contribution in [0, 0.1) is 0 Å². The first-order chi connectivity index (χ1) is 12.9. The van der Waals surface area contributed by atoms with Crippen molar-refractivity contribution in [2.45, 2.75) is 51.4 Å². The van der Waals surface area contributed by atoms with Gasteiger partial charge in [-0.05, 0) is 66.1 Å². The molecule has 0 aromatic heterocycles. The van der Waals surface area contributed by atoms with Crippen LogP contribution < -0.4 is 4.74 Å². The Morgan fingerprint density at radius 1 is 1.04 bits per heavy atom. The van der Waals surface area contributed by atoms with Crippen molar-refractivity contribution in [3.63, 3.8) is 0 Å². The zero-order chi connectivity index (χ0) is 19.4. The number of carboxylic acid groups (broad SMARTS) is 1. The van der Waals surface area contributed by atoms with E-state index in [1.807, 2.05) is 12.1 Å². The number of allylic oxidation sites excluding steroid dienone is 1. The maximum absolute atomic E-state index is 11.0. The summed E-state index contributed by atoms with van der Waals surface area (Å²) in [6.45, 7) is 4.46. The lowest BCUT2D eigenvalue weighted by Gasteiger charge is -2.35. The predicted molar refractivity (Wildman–Crippen MR) is 110 cm³/mol. The molecular weight excluding hydrogens is 336 g/mol. The molecule has 1 saturated carbocycles. The maximum atomic E-state index is 11.0. The molecule has 0 spiro atoms. The molecule has 3 heteroatoms. The van der Waals surface area contributed by atoms with Crippen LogP contribution in [-0.4, -0.2) is 18.2 Å². The second-order valence-electron chi connectivity index (χ2n) is 7.79. The van der Waals surface area contributed by atoms with Crippen molar-refractivity contribution in [2.75, 3.05) is 7.11 Å². The molecule has 27 heavy (non-hydrogen) atoms. The smallest absolute Gasteiger partial charge is 0.335 e. The number of hydrogen-bond donors (Lipinski definition) is 1. The van der Waals surface area contributed by atoms with Crippen molar-refractivity contribution >= 4 is 17.6 Å². The van der Waals surface area contributed by atoms with Crippen molar-refractivity contribution in [1.29, 1.82) is 0 Å². The lowest BCUT2D eigenvalue weighted by atomic mass is 9.70. The Bertz CT molecular complexity index is 840. The largest absolute Gasteiger partial charge is 0.496 e. The van der Waals surface area contributed by atoms with Crippen LogP contribution in [0.1, 0.15) is 73.0 Å². The Hall–Kier alpha value is -2.55. The molecule has 0 amide bonds. The molecule has 0 unspecified atom stereocenters. The molecular formula is C24H28O3. The zero-order valence-electron chi connectivity index (χ0n) is 16.4. The molecule has 1 aliphatic rings. The summed E-state index contributed by atoms with van der Waals surface area (Å²) in [5, 5.41) is 9.04. The van der Waals surface area contributed by atoms with E-state index >= 15 is 0 Å². The maximum Gasteiger partial charge on any atom is 0.335 e. The van der Waals surface area contributed by atoms with Gasteiger partial charge in [-0.25, -0.2) is 4.79 Å². The van der Waals surface area contributed by atoms with Gasteiger partial charge in [0.15, 0.2) is 0 Å². The summed E-state index contributed by atoms with van der Waals surface area (Å²) in [4.78, 5) is 11.0. The van der Waals surface area contributed by atoms with Gasteiger partial charge in [0.05, 0.1) is 12.7 Å². The molecule has 2 aromatic rings. The van der Waals surface area contributed by atoms with E-state index < -0.39 is 5.97 Å². The number of carbonyl (C=O) groups is 1. The second-order valence-corrected chi connectivity index (χ2v) is 7.79. The summed E-state index contributed by atoms with van der Waals surface area (Å²) in [5.74, 6) is 0.0736. The first kappa shape index (κ1) is 19.2. The minimum Gasteiger partial charge on any atom is -0.496 e. The van der Waals surface area contributed by atoms with Crippen LogP contribution in [0.4, 0.5) is 0 Å². The van der Waals surface area contributed by atoms with Crippen LogP contribution in [-0.2, 0) is 5.41 Å². The van der Waals surface area contributed by atoms with Crippen LogP contribution in [0.3, 0.4) is 0 Å². The predicted octanol–water partition coefficient (Wildman–Crippen LogP) is 6.18. The Kier molecular flexibility index (Phi) is 5.69. The highest BCUT2D eigenvalue weighted by Crippen LogP contribution is 2.43. The summed E-state index contributed by atoms with van der Waals surface area (Å²) >= 11 is 0. The molecule has 0 bridgehead atoms. The second kappa shape index (κ2) is 7.99. The number of carboxylic acids is 1. The first-order valence-electron chi connectivity index (χ1n) is 9.63. The van der Waals surface area contributed by atoms with E-state index in [2.05, 4.69) is 38.1 Å². The summed E-state index contributed by atoms with van der Waals surface area (Å²) in [6, 6.07) is 13.4. The standard InChI is InChI=1S/C24H28O3/c1-17(15-18-7-9-19(10-8-18)23(25)26)20-11-12-22(27-3)21(16-20)24(2)13-5-4-6-14-24/h7-12,15-16H,4-6,13-14H2,1-3H3,(H,25,26)/b17-15-. The number of benzene rings is 2. The minimum atomic E-state index is -0.900. The Labute approximate surface area is 161 Å². The summed E-state index contributed by atoms with van der Waals surface area (Å²) in [6.07, 6.45) is 8.37. The van der Waals surface area contributed by atoms with Crippen LogP contribution in [0.15, 0.2) is 42.5 Å². The van der Waals surface area contributed by atoms with E-state index in [0.717, 1.165) is 16.9 Å². The number of hydrogen-bond acceptors (Lipinski definition) is 2. The number of methoxy groups -OCH3 is 1. The van der Waals surface area contributed by atoms with Gasteiger partial charge in [-0.3, -0.25) is 0 Å². The van der Waals surface area contributed by atoms with Gasteiger partial charge in [0, 0.05) is 5.56 Å². The normalized spacial score (nSPS) is 16.8. The lowest BCUT2D eigenvalue weighted by molar-refractivity contribution is 0.0697. The van der Waals surface area contributed by atoms with Crippen molar-refractivity contribution in [2.24, 2.45) is 0 Å². The monoisotopic (exact) mass is 364 g/mol. The van der Waals surface area contributed by atoms with Crippen molar-refractivity contribution in [3.8, 4) is 5.75 Å². The number of ether oxygens (including phenoxy) is 1. The highest BCUT2D eigenvalue weighted by molar-refractivity contribution is 5.88. The molecule has 0 saturated heterocycles. The van der Waals surface area contributed by atoms with Crippen LogP contribution in [0.2, 0.25) is 0 Å². The number of rotatable bonds is 5. The van der Waals surface area contributed by atoms with Gasteiger partial charge in [0.2, 0.25) is 0 Å². The third kappa shape index (κ3) is 4.24. The molecule has 2 aromatic carbocycles. The fourth-order valence-electron chi connectivity index (χ4n) is 4.08. The summed E-state index contributed by atoms with van der Waals surface area (Å²) in [7, 11) is 1.75. The van der Waals surface area contributed by atoms with Gasteiger partial charge in [-0.1, -0.05) is 50.5 Å². The van der Waals surface area contributed by atoms with Crippen molar-refractivity contribution in [1.82, 2.24) is 0 Å². The molecule has 3 rings (SSSR count). The van der Waals surface area contributed by atoms with Gasteiger partial charge in [-0.15, -0.1) is 0 Å². The van der Waals surface area contributed by atoms with Crippen molar-refractivity contribution in [3.05, 3.63) is 64.7 Å².